The molecule has 2 aliphatic rings. The minimum Gasteiger partial charge on any atom is -0.0654 e. The molecule has 0 heteroatoms. The minimum atomic E-state index is 1.11. The van der Waals surface area contributed by atoms with Gasteiger partial charge in [-0.15, -0.1) is 0 Å². The molecular formula is C15H28. The van der Waals surface area contributed by atoms with Gasteiger partial charge in [-0.25, -0.2) is 0 Å². The van der Waals surface area contributed by atoms with Gasteiger partial charge in [-0.2, -0.15) is 0 Å². The van der Waals surface area contributed by atoms with Crippen molar-refractivity contribution in [2.75, 3.05) is 0 Å². The molecule has 0 nitrogen and oxygen atoms in total. The van der Waals surface area contributed by atoms with Gasteiger partial charge in [0.1, 0.15) is 0 Å². The van der Waals surface area contributed by atoms with E-state index in [0.29, 0.717) is 0 Å². The normalized spacial score (nSPS) is 36.2. The van der Waals surface area contributed by atoms with E-state index in [1.807, 2.05) is 0 Å². The molecule has 3 unspecified atom stereocenters. The van der Waals surface area contributed by atoms with Crippen molar-refractivity contribution in [1.29, 1.82) is 0 Å². The van der Waals surface area contributed by atoms with Gasteiger partial charge in [-0.05, 0) is 30.6 Å². The molecule has 0 aromatic carbocycles. The zero-order valence-corrected chi connectivity index (χ0v) is 10.5. The fourth-order valence-electron chi connectivity index (χ4n) is 3.89. The molecule has 0 amide bonds. The highest BCUT2D eigenvalue weighted by Crippen LogP contribution is 2.42. The van der Waals surface area contributed by atoms with Gasteiger partial charge in [0.15, 0.2) is 0 Å². The summed E-state index contributed by atoms with van der Waals surface area (Å²) in [5, 5.41) is 0. The standard InChI is InChI=1S/C15H28/c1-2-3-4-7-14-11-9-13-6-5-8-15(14)12-10-13/h13-15H,2-12H2,1H3. The van der Waals surface area contributed by atoms with E-state index < -0.39 is 0 Å². The predicted octanol–water partition coefficient (Wildman–Crippen LogP) is 5.17. The van der Waals surface area contributed by atoms with Crippen LogP contribution < -0.4 is 0 Å². The number of hydrogen-bond donors (Lipinski definition) is 0. The molecule has 88 valence electrons. The molecule has 0 aliphatic heterocycles. The van der Waals surface area contributed by atoms with Crippen LogP contribution in [0.15, 0.2) is 0 Å². The lowest BCUT2D eigenvalue weighted by Crippen LogP contribution is -2.14. The van der Waals surface area contributed by atoms with Crippen LogP contribution in [0.25, 0.3) is 0 Å². The maximum absolute atomic E-state index is 2.32. The summed E-state index contributed by atoms with van der Waals surface area (Å²) in [4.78, 5) is 0. The second-order valence-corrected chi connectivity index (χ2v) is 5.97. The van der Waals surface area contributed by atoms with Crippen molar-refractivity contribution in [3.63, 3.8) is 0 Å². The minimum absolute atomic E-state index is 1.11. The molecule has 0 N–H and O–H groups in total. The molecule has 0 aromatic rings. The van der Waals surface area contributed by atoms with Gasteiger partial charge in [0.05, 0.1) is 0 Å². The Morgan fingerprint density at radius 3 is 2.60 bits per heavy atom. The Hall–Kier alpha value is 0. The van der Waals surface area contributed by atoms with E-state index in [1.54, 1.807) is 51.4 Å². The molecule has 2 bridgehead atoms. The highest BCUT2D eigenvalue weighted by atomic mass is 14.3. The summed E-state index contributed by atoms with van der Waals surface area (Å²) in [6.45, 7) is 2.32. The van der Waals surface area contributed by atoms with Crippen LogP contribution >= 0.6 is 0 Å². The van der Waals surface area contributed by atoms with E-state index in [2.05, 4.69) is 6.92 Å². The van der Waals surface area contributed by atoms with Crippen LogP contribution in [0.4, 0.5) is 0 Å². The summed E-state index contributed by atoms with van der Waals surface area (Å²) in [5.41, 5.74) is 0. The van der Waals surface area contributed by atoms with Crippen LogP contribution in [0, 0.1) is 17.8 Å². The van der Waals surface area contributed by atoms with Crippen LogP contribution in [0.1, 0.15) is 77.6 Å². The zero-order chi connectivity index (χ0) is 10.5. The Bertz CT molecular complexity index is 173. The second-order valence-electron chi connectivity index (χ2n) is 5.97. The first kappa shape index (κ1) is 11.5. The molecular weight excluding hydrogens is 180 g/mol. The average Bonchev–Trinajstić information content (AvgIpc) is 2.55. The quantitative estimate of drug-likeness (QED) is 0.559. The molecule has 0 radical (unpaired) electrons. The third-order valence-electron chi connectivity index (χ3n) is 4.92. The van der Waals surface area contributed by atoms with E-state index in [4.69, 9.17) is 0 Å². The van der Waals surface area contributed by atoms with Crippen molar-refractivity contribution in [2.45, 2.75) is 77.6 Å². The molecule has 0 spiro atoms. The van der Waals surface area contributed by atoms with Crippen molar-refractivity contribution < 1.29 is 0 Å². The van der Waals surface area contributed by atoms with Crippen molar-refractivity contribution >= 4 is 0 Å². The number of hydrogen-bond acceptors (Lipinski definition) is 0. The third kappa shape index (κ3) is 3.23. The summed E-state index contributed by atoms with van der Waals surface area (Å²) in [5.74, 6) is 3.35. The van der Waals surface area contributed by atoms with Crippen LogP contribution in [0.5, 0.6) is 0 Å². The Morgan fingerprint density at radius 2 is 1.73 bits per heavy atom. The Morgan fingerprint density at radius 1 is 0.867 bits per heavy atom. The van der Waals surface area contributed by atoms with Crippen molar-refractivity contribution in [3.8, 4) is 0 Å². The Labute approximate surface area is 95.8 Å². The van der Waals surface area contributed by atoms with Gasteiger partial charge in [0, 0.05) is 0 Å². The first-order valence-electron chi connectivity index (χ1n) is 7.40. The number of rotatable bonds is 4. The number of fused-ring (bicyclic) bond motifs is 3. The van der Waals surface area contributed by atoms with Gasteiger partial charge in [-0.3, -0.25) is 0 Å². The lowest BCUT2D eigenvalue weighted by atomic mass is 9.80. The number of unbranched alkanes of at least 4 members (excludes halogenated alkanes) is 2. The fourth-order valence-corrected chi connectivity index (χ4v) is 3.89. The molecule has 0 aromatic heterocycles. The highest BCUT2D eigenvalue weighted by molar-refractivity contribution is 4.81. The SMILES string of the molecule is CCCCCC1CCC2CCCC1CC2. The van der Waals surface area contributed by atoms with Crippen LogP contribution in [0.3, 0.4) is 0 Å². The van der Waals surface area contributed by atoms with Gasteiger partial charge >= 0.3 is 0 Å². The van der Waals surface area contributed by atoms with Crippen molar-refractivity contribution in [2.24, 2.45) is 17.8 Å². The average molecular weight is 208 g/mol. The summed E-state index contributed by atoms with van der Waals surface area (Å²) >= 11 is 0. The first-order chi connectivity index (χ1) is 7.40. The monoisotopic (exact) mass is 208 g/mol. The molecule has 2 rings (SSSR count). The van der Waals surface area contributed by atoms with Gasteiger partial charge in [0.2, 0.25) is 0 Å². The topological polar surface area (TPSA) is 0 Å². The van der Waals surface area contributed by atoms with Gasteiger partial charge in [-0.1, -0.05) is 64.7 Å². The van der Waals surface area contributed by atoms with E-state index >= 15 is 0 Å². The molecule has 2 saturated carbocycles. The highest BCUT2D eigenvalue weighted by Gasteiger charge is 2.29. The summed E-state index contributed by atoms with van der Waals surface area (Å²) in [6, 6.07) is 0. The molecule has 0 heterocycles. The summed E-state index contributed by atoms with van der Waals surface area (Å²) in [7, 11) is 0. The van der Waals surface area contributed by atoms with Gasteiger partial charge in [0.25, 0.3) is 0 Å². The maximum atomic E-state index is 2.32. The lowest BCUT2D eigenvalue weighted by molar-refractivity contribution is 0.256. The maximum Gasteiger partial charge on any atom is -0.0386 e. The van der Waals surface area contributed by atoms with Crippen LogP contribution in [-0.4, -0.2) is 0 Å². The van der Waals surface area contributed by atoms with Crippen LogP contribution in [-0.2, 0) is 0 Å². The summed E-state index contributed by atoms with van der Waals surface area (Å²) < 4.78 is 0. The summed E-state index contributed by atoms with van der Waals surface area (Å²) in [6.07, 6.45) is 16.8. The van der Waals surface area contributed by atoms with E-state index in [9.17, 15) is 0 Å². The van der Waals surface area contributed by atoms with Crippen molar-refractivity contribution in [1.82, 2.24) is 0 Å². The largest absolute Gasteiger partial charge is 0.0654 e. The van der Waals surface area contributed by atoms with E-state index in [1.165, 1.54) is 19.3 Å². The Balaban J connectivity index is 1.82. The van der Waals surface area contributed by atoms with E-state index in [-0.39, 0.29) is 0 Å². The lowest BCUT2D eigenvalue weighted by Gasteiger charge is -2.26. The zero-order valence-electron chi connectivity index (χ0n) is 10.5. The van der Waals surface area contributed by atoms with E-state index in [0.717, 1.165) is 17.8 Å². The molecule has 15 heavy (non-hydrogen) atoms. The fraction of sp³-hybridized carbons (Fsp3) is 1.00. The molecule has 2 fully saturated rings. The van der Waals surface area contributed by atoms with Crippen LogP contribution in [0.2, 0.25) is 0 Å². The smallest absolute Gasteiger partial charge is 0.0386 e. The van der Waals surface area contributed by atoms with Gasteiger partial charge < -0.3 is 0 Å². The molecule has 3 atom stereocenters. The molecule has 0 saturated heterocycles. The first-order valence-corrected chi connectivity index (χ1v) is 7.40. The Kier molecular flexibility index (Phi) is 4.53. The van der Waals surface area contributed by atoms with Crippen molar-refractivity contribution in [3.05, 3.63) is 0 Å². The second kappa shape index (κ2) is 5.92. The third-order valence-corrected chi connectivity index (χ3v) is 4.92. The predicted molar refractivity (Wildman–Crippen MR) is 66.9 cm³/mol. The molecule has 2 aliphatic carbocycles.